The lowest BCUT2D eigenvalue weighted by molar-refractivity contribution is 0.0940. The fourth-order valence-corrected chi connectivity index (χ4v) is 2.07. The van der Waals surface area contributed by atoms with Crippen LogP contribution in [0.15, 0.2) is 54.6 Å². The summed E-state index contributed by atoms with van der Waals surface area (Å²) in [5, 5.41) is 3.60. The SMILES string of the molecule is C[C@H](NC(=O)c1ccccc1)c1ccccc1Cl. The highest BCUT2D eigenvalue weighted by atomic mass is 35.5. The molecule has 0 aliphatic carbocycles. The third kappa shape index (κ3) is 2.90. The Kier molecular flexibility index (Phi) is 4.00. The molecule has 1 N–H and O–H groups in total. The number of amides is 1. The molecule has 0 radical (unpaired) electrons. The molecule has 0 aliphatic rings. The average molecular weight is 260 g/mol. The molecule has 0 heterocycles. The number of carbonyl (C=O) groups excluding carboxylic acids is 1. The smallest absolute Gasteiger partial charge is 0.251 e. The van der Waals surface area contributed by atoms with Gasteiger partial charge in [-0.05, 0) is 30.7 Å². The van der Waals surface area contributed by atoms with Crippen LogP contribution >= 0.6 is 11.6 Å². The van der Waals surface area contributed by atoms with Gasteiger partial charge in [-0.1, -0.05) is 48.0 Å². The maximum absolute atomic E-state index is 12.0. The summed E-state index contributed by atoms with van der Waals surface area (Å²) < 4.78 is 0. The van der Waals surface area contributed by atoms with E-state index in [1.165, 1.54) is 0 Å². The summed E-state index contributed by atoms with van der Waals surface area (Å²) in [5.41, 5.74) is 1.57. The molecular formula is C15H14ClNO. The van der Waals surface area contributed by atoms with Crippen LogP contribution in [0.1, 0.15) is 28.9 Å². The second-order valence-electron chi connectivity index (χ2n) is 4.08. The van der Waals surface area contributed by atoms with E-state index in [1.807, 2.05) is 49.4 Å². The summed E-state index contributed by atoms with van der Waals surface area (Å²) in [5.74, 6) is -0.0944. The minimum Gasteiger partial charge on any atom is -0.345 e. The first-order valence-corrected chi connectivity index (χ1v) is 6.16. The summed E-state index contributed by atoms with van der Waals surface area (Å²) >= 11 is 6.10. The molecule has 2 rings (SSSR count). The van der Waals surface area contributed by atoms with Crippen molar-refractivity contribution < 1.29 is 4.79 Å². The highest BCUT2D eigenvalue weighted by molar-refractivity contribution is 6.31. The molecule has 0 unspecified atom stereocenters. The lowest BCUT2D eigenvalue weighted by Crippen LogP contribution is -2.26. The fraction of sp³-hybridized carbons (Fsp3) is 0.133. The van der Waals surface area contributed by atoms with Gasteiger partial charge in [-0.2, -0.15) is 0 Å². The van der Waals surface area contributed by atoms with E-state index in [-0.39, 0.29) is 11.9 Å². The second kappa shape index (κ2) is 5.69. The standard InChI is InChI=1S/C15H14ClNO/c1-11(13-9-5-6-10-14(13)16)17-15(18)12-7-3-2-4-8-12/h2-11H,1H3,(H,17,18)/t11-/m0/s1. The molecule has 1 amide bonds. The Balaban J connectivity index is 2.11. The van der Waals surface area contributed by atoms with E-state index in [9.17, 15) is 4.79 Å². The monoisotopic (exact) mass is 259 g/mol. The van der Waals surface area contributed by atoms with Crippen LogP contribution in [0.2, 0.25) is 5.02 Å². The van der Waals surface area contributed by atoms with Crippen molar-refractivity contribution in [2.75, 3.05) is 0 Å². The second-order valence-corrected chi connectivity index (χ2v) is 4.49. The van der Waals surface area contributed by atoms with Crippen LogP contribution < -0.4 is 5.32 Å². The third-order valence-electron chi connectivity index (χ3n) is 2.76. The Bertz CT molecular complexity index is 539. The summed E-state index contributed by atoms with van der Waals surface area (Å²) in [6, 6.07) is 16.5. The molecule has 0 aliphatic heterocycles. The number of halogens is 1. The van der Waals surface area contributed by atoms with E-state index in [0.717, 1.165) is 5.56 Å². The first-order chi connectivity index (χ1) is 8.68. The predicted octanol–water partition coefficient (Wildman–Crippen LogP) is 3.83. The van der Waals surface area contributed by atoms with Gasteiger partial charge in [0.2, 0.25) is 0 Å². The van der Waals surface area contributed by atoms with Gasteiger partial charge in [0, 0.05) is 10.6 Å². The zero-order valence-electron chi connectivity index (χ0n) is 10.1. The van der Waals surface area contributed by atoms with E-state index in [0.29, 0.717) is 10.6 Å². The van der Waals surface area contributed by atoms with Crippen molar-refractivity contribution in [1.29, 1.82) is 0 Å². The van der Waals surface area contributed by atoms with E-state index in [4.69, 9.17) is 11.6 Å². The van der Waals surface area contributed by atoms with Crippen molar-refractivity contribution in [3.63, 3.8) is 0 Å². The van der Waals surface area contributed by atoms with Crippen LogP contribution in [-0.2, 0) is 0 Å². The number of benzene rings is 2. The van der Waals surface area contributed by atoms with E-state index in [2.05, 4.69) is 5.32 Å². The predicted molar refractivity (Wildman–Crippen MR) is 73.8 cm³/mol. The van der Waals surface area contributed by atoms with Crippen molar-refractivity contribution in [2.45, 2.75) is 13.0 Å². The Hall–Kier alpha value is -1.80. The normalized spacial score (nSPS) is 11.9. The van der Waals surface area contributed by atoms with Crippen molar-refractivity contribution in [1.82, 2.24) is 5.32 Å². The van der Waals surface area contributed by atoms with Crippen LogP contribution in [0.5, 0.6) is 0 Å². The maximum Gasteiger partial charge on any atom is 0.251 e. The molecule has 2 aromatic carbocycles. The van der Waals surface area contributed by atoms with Crippen LogP contribution in [0.3, 0.4) is 0 Å². The number of hydrogen-bond donors (Lipinski definition) is 1. The molecule has 3 heteroatoms. The van der Waals surface area contributed by atoms with Gasteiger partial charge in [0.05, 0.1) is 6.04 Å². The van der Waals surface area contributed by atoms with Crippen molar-refractivity contribution >= 4 is 17.5 Å². The minimum absolute atomic E-state index is 0.0944. The van der Waals surface area contributed by atoms with Crippen molar-refractivity contribution in [2.24, 2.45) is 0 Å². The van der Waals surface area contributed by atoms with Crippen LogP contribution in [-0.4, -0.2) is 5.91 Å². The van der Waals surface area contributed by atoms with Crippen LogP contribution in [0.4, 0.5) is 0 Å². The van der Waals surface area contributed by atoms with E-state index < -0.39 is 0 Å². The zero-order valence-corrected chi connectivity index (χ0v) is 10.8. The molecule has 0 bridgehead atoms. The zero-order chi connectivity index (χ0) is 13.0. The molecule has 18 heavy (non-hydrogen) atoms. The fourth-order valence-electron chi connectivity index (χ4n) is 1.77. The largest absolute Gasteiger partial charge is 0.345 e. The molecule has 1 atom stereocenters. The molecular weight excluding hydrogens is 246 g/mol. The Morgan fingerprint density at radius 3 is 2.33 bits per heavy atom. The van der Waals surface area contributed by atoms with Gasteiger partial charge in [0.25, 0.3) is 5.91 Å². The van der Waals surface area contributed by atoms with Gasteiger partial charge >= 0.3 is 0 Å². The summed E-state index contributed by atoms with van der Waals surface area (Å²) in [7, 11) is 0. The molecule has 0 saturated carbocycles. The van der Waals surface area contributed by atoms with Gasteiger partial charge in [-0.3, -0.25) is 4.79 Å². The Labute approximate surface area is 112 Å². The van der Waals surface area contributed by atoms with E-state index in [1.54, 1.807) is 12.1 Å². The van der Waals surface area contributed by atoms with E-state index >= 15 is 0 Å². The molecule has 0 fully saturated rings. The third-order valence-corrected chi connectivity index (χ3v) is 3.10. The lowest BCUT2D eigenvalue weighted by Gasteiger charge is -2.15. The molecule has 0 aromatic heterocycles. The lowest BCUT2D eigenvalue weighted by atomic mass is 10.1. The highest BCUT2D eigenvalue weighted by Crippen LogP contribution is 2.22. The first kappa shape index (κ1) is 12.7. The molecule has 0 spiro atoms. The Morgan fingerprint density at radius 2 is 1.67 bits per heavy atom. The van der Waals surface area contributed by atoms with Crippen molar-refractivity contribution in [3.8, 4) is 0 Å². The van der Waals surface area contributed by atoms with Gasteiger partial charge in [0.1, 0.15) is 0 Å². The Morgan fingerprint density at radius 1 is 1.06 bits per heavy atom. The molecule has 0 saturated heterocycles. The molecule has 92 valence electrons. The molecule has 2 aromatic rings. The number of nitrogens with one attached hydrogen (secondary N) is 1. The highest BCUT2D eigenvalue weighted by Gasteiger charge is 2.12. The first-order valence-electron chi connectivity index (χ1n) is 5.79. The van der Waals surface area contributed by atoms with Crippen LogP contribution in [0, 0.1) is 0 Å². The average Bonchev–Trinajstić information content (AvgIpc) is 2.40. The van der Waals surface area contributed by atoms with Crippen molar-refractivity contribution in [3.05, 3.63) is 70.7 Å². The maximum atomic E-state index is 12.0. The summed E-state index contributed by atoms with van der Waals surface area (Å²) in [6.07, 6.45) is 0. The number of carbonyl (C=O) groups is 1. The van der Waals surface area contributed by atoms with Crippen LogP contribution in [0.25, 0.3) is 0 Å². The van der Waals surface area contributed by atoms with Gasteiger partial charge in [0.15, 0.2) is 0 Å². The van der Waals surface area contributed by atoms with Gasteiger partial charge in [-0.25, -0.2) is 0 Å². The summed E-state index contributed by atoms with van der Waals surface area (Å²) in [6.45, 7) is 1.92. The van der Waals surface area contributed by atoms with Gasteiger partial charge < -0.3 is 5.32 Å². The van der Waals surface area contributed by atoms with Gasteiger partial charge in [-0.15, -0.1) is 0 Å². The topological polar surface area (TPSA) is 29.1 Å². The minimum atomic E-state index is -0.119. The number of hydrogen-bond acceptors (Lipinski definition) is 1. The molecule has 2 nitrogen and oxygen atoms in total. The quantitative estimate of drug-likeness (QED) is 0.892. The number of rotatable bonds is 3. The summed E-state index contributed by atoms with van der Waals surface area (Å²) in [4.78, 5) is 12.0.